The fourth-order valence-electron chi connectivity index (χ4n) is 3.15. The minimum atomic E-state index is -4.95. The van der Waals surface area contributed by atoms with Crippen molar-refractivity contribution in [2.24, 2.45) is 0 Å². The van der Waals surface area contributed by atoms with Crippen LogP contribution in [0, 0.1) is 0 Å². The highest BCUT2D eigenvalue weighted by atomic mass is 35.5. The van der Waals surface area contributed by atoms with Gasteiger partial charge in [-0.2, -0.15) is 13.2 Å². The van der Waals surface area contributed by atoms with Gasteiger partial charge in [-0.25, -0.2) is 13.1 Å². The number of rotatable bonds is 4. The first-order valence-electron chi connectivity index (χ1n) is 8.48. The summed E-state index contributed by atoms with van der Waals surface area (Å²) in [7, 11) is -4.41. The number of hydrogen-bond donors (Lipinski definition) is 2. The molecule has 2 aromatic rings. The summed E-state index contributed by atoms with van der Waals surface area (Å²) in [6.07, 6.45) is -3.96. The van der Waals surface area contributed by atoms with Gasteiger partial charge in [0.1, 0.15) is 0 Å². The first-order valence-corrected chi connectivity index (χ1v) is 10.7. The number of alkyl halides is 3. The van der Waals surface area contributed by atoms with E-state index in [9.17, 15) is 21.6 Å². The number of hydrogen-bond acceptors (Lipinski definition) is 3. The maximum absolute atomic E-state index is 13.8. The third kappa shape index (κ3) is 4.63. The van der Waals surface area contributed by atoms with Crippen molar-refractivity contribution >= 4 is 33.2 Å². The molecule has 152 valence electrons. The molecule has 1 aliphatic rings. The highest BCUT2D eigenvalue weighted by Gasteiger charge is 2.41. The Morgan fingerprint density at radius 2 is 1.75 bits per heavy atom. The zero-order valence-corrected chi connectivity index (χ0v) is 16.8. The van der Waals surface area contributed by atoms with E-state index in [1.54, 1.807) is 18.2 Å². The van der Waals surface area contributed by atoms with E-state index in [0.29, 0.717) is 36.5 Å². The molecular weight excluding hydrogens is 436 g/mol. The summed E-state index contributed by atoms with van der Waals surface area (Å²) < 4.78 is 69.1. The fourth-order valence-corrected chi connectivity index (χ4v) is 5.31. The summed E-state index contributed by atoms with van der Waals surface area (Å²) in [5.74, 6) is 0. The molecule has 28 heavy (non-hydrogen) atoms. The molecule has 1 fully saturated rings. The molecule has 0 aliphatic carbocycles. The number of nitrogens with one attached hydrogen (secondary N) is 2. The molecule has 2 N–H and O–H groups in total. The minimum Gasteiger partial charge on any atom is -0.317 e. The Morgan fingerprint density at radius 3 is 2.36 bits per heavy atom. The maximum Gasteiger partial charge on any atom is 0.419 e. The van der Waals surface area contributed by atoms with E-state index in [4.69, 9.17) is 23.2 Å². The summed E-state index contributed by atoms with van der Waals surface area (Å²) in [6.45, 7) is 1.18. The van der Waals surface area contributed by atoms with Crippen LogP contribution in [-0.4, -0.2) is 27.5 Å². The average molecular weight is 453 g/mol. The second-order valence-electron chi connectivity index (χ2n) is 6.45. The van der Waals surface area contributed by atoms with Gasteiger partial charge in [-0.3, -0.25) is 0 Å². The van der Waals surface area contributed by atoms with Crippen molar-refractivity contribution in [1.29, 1.82) is 0 Å². The molecule has 0 atom stereocenters. The molecule has 4 nitrogen and oxygen atoms in total. The van der Waals surface area contributed by atoms with Gasteiger partial charge in [0.05, 0.1) is 15.5 Å². The van der Waals surface area contributed by atoms with Gasteiger partial charge in [-0.05, 0) is 49.7 Å². The predicted molar refractivity (Wildman–Crippen MR) is 103 cm³/mol. The van der Waals surface area contributed by atoms with Crippen LogP contribution in [0.5, 0.6) is 0 Å². The van der Waals surface area contributed by atoms with E-state index in [1.165, 1.54) is 12.1 Å². The Balaban J connectivity index is 2.10. The van der Waals surface area contributed by atoms with E-state index in [0.717, 1.165) is 6.07 Å². The number of sulfonamides is 1. The molecule has 0 amide bonds. The SMILES string of the molecule is O=S(=O)(NC1CCNCC1)c1ccc(-c2cccc(Cl)c2)c(Cl)c1C(F)(F)F. The summed E-state index contributed by atoms with van der Waals surface area (Å²) in [5, 5.41) is 2.72. The highest BCUT2D eigenvalue weighted by Crippen LogP contribution is 2.43. The fraction of sp³-hybridized carbons (Fsp3) is 0.333. The monoisotopic (exact) mass is 452 g/mol. The zero-order valence-electron chi connectivity index (χ0n) is 14.5. The van der Waals surface area contributed by atoms with Crippen molar-refractivity contribution in [2.45, 2.75) is 30.0 Å². The molecule has 0 bridgehead atoms. The van der Waals surface area contributed by atoms with Crippen molar-refractivity contribution in [3.63, 3.8) is 0 Å². The van der Waals surface area contributed by atoms with Crippen LogP contribution >= 0.6 is 23.2 Å². The lowest BCUT2D eigenvalue weighted by Crippen LogP contribution is -2.43. The molecule has 0 radical (unpaired) electrons. The Morgan fingerprint density at radius 1 is 1.07 bits per heavy atom. The molecule has 1 saturated heterocycles. The van der Waals surface area contributed by atoms with Gasteiger partial charge in [0.2, 0.25) is 10.0 Å². The average Bonchev–Trinajstić information content (AvgIpc) is 2.60. The quantitative estimate of drug-likeness (QED) is 0.705. The second kappa shape index (κ2) is 8.20. The molecule has 3 rings (SSSR count). The summed E-state index contributed by atoms with van der Waals surface area (Å²) >= 11 is 12.0. The Hall–Kier alpha value is -1.32. The summed E-state index contributed by atoms with van der Waals surface area (Å²) in [4.78, 5) is -0.880. The lowest BCUT2D eigenvalue weighted by molar-refractivity contribution is -0.139. The van der Waals surface area contributed by atoms with Gasteiger partial charge in [0.25, 0.3) is 0 Å². The normalized spacial score (nSPS) is 16.3. The molecule has 1 aliphatic heterocycles. The zero-order chi connectivity index (χ0) is 20.5. The largest absolute Gasteiger partial charge is 0.419 e. The second-order valence-corrected chi connectivity index (χ2v) is 8.95. The Bertz CT molecular complexity index is 975. The standard InChI is InChI=1S/C18H17Cl2F3N2O2S/c19-12-3-1-2-11(10-12)14-4-5-15(16(17(14)20)18(21,22)23)28(26,27)25-13-6-8-24-9-7-13/h1-5,10,13,24-25H,6-9H2. The Labute approximate surface area is 171 Å². The van der Waals surface area contributed by atoms with Crippen LogP contribution in [0.2, 0.25) is 10.0 Å². The van der Waals surface area contributed by atoms with Crippen LogP contribution < -0.4 is 10.0 Å². The molecule has 10 heteroatoms. The van der Waals surface area contributed by atoms with Crippen LogP contribution in [-0.2, 0) is 16.2 Å². The minimum absolute atomic E-state index is 0.0531. The van der Waals surface area contributed by atoms with Crippen molar-refractivity contribution in [1.82, 2.24) is 10.0 Å². The van der Waals surface area contributed by atoms with Crippen molar-refractivity contribution in [3.05, 3.63) is 52.0 Å². The van der Waals surface area contributed by atoms with E-state index >= 15 is 0 Å². The molecule has 0 spiro atoms. The van der Waals surface area contributed by atoms with Crippen molar-refractivity contribution in [3.8, 4) is 11.1 Å². The highest BCUT2D eigenvalue weighted by molar-refractivity contribution is 7.89. The van der Waals surface area contributed by atoms with E-state index in [2.05, 4.69) is 10.0 Å². The summed E-state index contributed by atoms with van der Waals surface area (Å²) in [6, 6.07) is 7.93. The number of benzene rings is 2. The lowest BCUT2D eigenvalue weighted by atomic mass is 10.0. The van der Waals surface area contributed by atoms with Gasteiger partial charge in [0.15, 0.2) is 0 Å². The number of halogens is 5. The van der Waals surface area contributed by atoms with Gasteiger partial charge in [-0.15, -0.1) is 0 Å². The molecule has 1 heterocycles. The van der Waals surface area contributed by atoms with E-state index in [-0.39, 0.29) is 5.56 Å². The predicted octanol–water partition coefficient (Wildman–Crippen LogP) is 4.71. The number of piperidine rings is 1. The summed E-state index contributed by atoms with van der Waals surface area (Å²) in [5.41, 5.74) is -0.969. The van der Waals surface area contributed by atoms with Crippen LogP contribution in [0.25, 0.3) is 11.1 Å². The topological polar surface area (TPSA) is 58.2 Å². The molecule has 0 aromatic heterocycles. The lowest BCUT2D eigenvalue weighted by Gasteiger charge is -2.25. The first kappa shape index (κ1) is 21.4. The molecule has 2 aromatic carbocycles. The smallest absolute Gasteiger partial charge is 0.317 e. The Kier molecular flexibility index (Phi) is 6.26. The van der Waals surface area contributed by atoms with Crippen molar-refractivity contribution in [2.75, 3.05) is 13.1 Å². The molecule has 0 unspecified atom stereocenters. The van der Waals surface area contributed by atoms with Crippen LogP contribution in [0.1, 0.15) is 18.4 Å². The van der Waals surface area contributed by atoms with Gasteiger partial charge >= 0.3 is 6.18 Å². The van der Waals surface area contributed by atoms with Gasteiger partial charge < -0.3 is 5.32 Å². The maximum atomic E-state index is 13.8. The third-order valence-corrected chi connectivity index (χ3v) is 6.66. The third-order valence-electron chi connectivity index (χ3n) is 4.47. The van der Waals surface area contributed by atoms with Crippen LogP contribution in [0.4, 0.5) is 13.2 Å². The van der Waals surface area contributed by atoms with Crippen LogP contribution in [0.3, 0.4) is 0 Å². The van der Waals surface area contributed by atoms with Gasteiger partial charge in [0, 0.05) is 16.6 Å². The van der Waals surface area contributed by atoms with E-state index in [1.807, 2.05) is 0 Å². The van der Waals surface area contributed by atoms with Crippen LogP contribution in [0.15, 0.2) is 41.3 Å². The van der Waals surface area contributed by atoms with Crippen molar-refractivity contribution < 1.29 is 21.6 Å². The molecule has 0 saturated carbocycles. The first-order chi connectivity index (χ1) is 13.1. The molecular formula is C18H17Cl2F3N2O2S. The van der Waals surface area contributed by atoms with Gasteiger partial charge in [-0.1, -0.05) is 41.4 Å². The van der Waals surface area contributed by atoms with E-state index < -0.39 is 37.7 Å².